The number of alkyl halides is 1. The first kappa shape index (κ1) is 35.2. The molecule has 3 fully saturated rings. The van der Waals surface area contributed by atoms with Gasteiger partial charge in [-0.3, -0.25) is 19.2 Å². The van der Waals surface area contributed by atoms with Crippen molar-refractivity contribution >= 4 is 39.6 Å². The molecule has 10 nitrogen and oxygen atoms in total. The number of ether oxygens (including phenoxy) is 2. The molecule has 0 aromatic carbocycles. The van der Waals surface area contributed by atoms with Crippen LogP contribution in [0.2, 0.25) is 0 Å². The van der Waals surface area contributed by atoms with Gasteiger partial charge in [0, 0.05) is 23.8 Å². The summed E-state index contributed by atoms with van der Waals surface area (Å²) in [6.07, 6.45) is 5.56. The zero-order valence-corrected chi connectivity index (χ0v) is 27.9. The average Bonchev–Trinajstić information content (AvgIpc) is 3.57. The summed E-state index contributed by atoms with van der Waals surface area (Å²) in [5, 5.41) is 13.3. The number of halogens is 1. The molecule has 0 aliphatic carbocycles. The van der Waals surface area contributed by atoms with Crippen LogP contribution in [0.1, 0.15) is 73.1 Å². The van der Waals surface area contributed by atoms with Gasteiger partial charge in [-0.05, 0) is 39.0 Å². The van der Waals surface area contributed by atoms with Crippen LogP contribution in [-0.4, -0.2) is 99.1 Å². The number of allylic oxidation sites excluding steroid dienone is 1. The topological polar surface area (TPSA) is 125 Å². The quantitative estimate of drug-likeness (QED) is 0.138. The highest BCUT2D eigenvalue weighted by Crippen LogP contribution is 2.61. The molecule has 2 unspecified atom stereocenters. The van der Waals surface area contributed by atoms with Gasteiger partial charge in [-0.15, -0.1) is 13.2 Å². The fourth-order valence-electron chi connectivity index (χ4n) is 7.04. The van der Waals surface area contributed by atoms with Crippen LogP contribution in [0.5, 0.6) is 0 Å². The van der Waals surface area contributed by atoms with Crippen molar-refractivity contribution < 1.29 is 33.8 Å². The summed E-state index contributed by atoms with van der Waals surface area (Å²) in [6, 6.07) is -1.75. The van der Waals surface area contributed by atoms with Crippen molar-refractivity contribution in [2.45, 2.75) is 114 Å². The van der Waals surface area contributed by atoms with Crippen LogP contribution >= 0.6 is 15.9 Å². The lowest BCUT2D eigenvalue weighted by Gasteiger charge is -2.42. The Morgan fingerprint density at radius 1 is 1.26 bits per heavy atom. The third kappa shape index (κ3) is 6.88. The molecular formula is C32H50BrN3O7. The van der Waals surface area contributed by atoms with Crippen LogP contribution in [0.15, 0.2) is 25.3 Å². The lowest BCUT2D eigenvalue weighted by atomic mass is 9.70. The van der Waals surface area contributed by atoms with Crippen molar-refractivity contribution in [3.05, 3.63) is 25.3 Å². The van der Waals surface area contributed by atoms with E-state index < -0.39 is 47.7 Å². The Morgan fingerprint density at radius 3 is 2.53 bits per heavy atom. The highest BCUT2D eigenvalue weighted by molar-refractivity contribution is 9.09. The third-order valence-corrected chi connectivity index (χ3v) is 10.3. The lowest BCUT2D eigenvalue weighted by molar-refractivity contribution is -0.160. The van der Waals surface area contributed by atoms with Crippen molar-refractivity contribution in [2.75, 3.05) is 19.7 Å². The second-order valence-electron chi connectivity index (χ2n) is 12.3. The molecule has 0 radical (unpaired) electrons. The Hall–Kier alpha value is -2.24. The number of amides is 3. The molecule has 242 valence electrons. The molecule has 3 aliphatic heterocycles. The minimum atomic E-state index is -1.26. The predicted molar refractivity (Wildman–Crippen MR) is 167 cm³/mol. The lowest BCUT2D eigenvalue weighted by Crippen LogP contribution is -2.61. The first-order valence-corrected chi connectivity index (χ1v) is 16.6. The summed E-state index contributed by atoms with van der Waals surface area (Å²) in [6.45, 7) is 17.2. The number of hydrogen-bond donors (Lipinski definition) is 2. The predicted octanol–water partition coefficient (Wildman–Crippen LogP) is 3.36. The van der Waals surface area contributed by atoms with E-state index in [0.29, 0.717) is 32.2 Å². The van der Waals surface area contributed by atoms with Gasteiger partial charge >= 0.3 is 5.97 Å². The maximum Gasteiger partial charge on any atom is 0.312 e. The largest absolute Gasteiger partial charge is 0.460 e. The van der Waals surface area contributed by atoms with E-state index in [9.17, 15) is 24.3 Å². The van der Waals surface area contributed by atoms with Crippen molar-refractivity contribution in [1.29, 1.82) is 0 Å². The van der Waals surface area contributed by atoms with Crippen molar-refractivity contribution in [2.24, 2.45) is 17.8 Å². The molecule has 3 rings (SSSR count). The van der Waals surface area contributed by atoms with Gasteiger partial charge in [0.2, 0.25) is 17.7 Å². The maximum absolute atomic E-state index is 14.6. The smallest absolute Gasteiger partial charge is 0.312 e. The van der Waals surface area contributed by atoms with Crippen LogP contribution in [0.4, 0.5) is 0 Å². The fourth-order valence-corrected chi connectivity index (χ4v) is 7.98. The average molecular weight is 669 g/mol. The molecule has 0 aromatic heterocycles. The zero-order valence-electron chi connectivity index (χ0n) is 26.3. The number of aliphatic hydroxyl groups is 1. The first-order valence-electron chi connectivity index (χ1n) is 15.7. The van der Waals surface area contributed by atoms with E-state index in [0.717, 1.165) is 12.8 Å². The monoisotopic (exact) mass is 667 g/mol. The molecule has 3 amide bonds. The number of aliphatic hydroxyl groups excluding tert-OH is 1. The van der Waals surface area contributed by atoms with E-state index in [1.54, 1.807) is 24.0 Å². The Kier molecular flexibility index (Phi) is 12.4. The summed E-state index contributed by atoms with van der Waals surface area (Å²) >= 11 is 3.69. The molecule has 0 aromatic rings. The van der Waals surface area contributed by atoms with Crippen LogP contribution in [0, 0.1) is 17.8 Å². The number of esters is 1. The van der Waals surface area contributed by atoms with Crippen LogP contribution in [0.3, 0.4) is 0 Å². The SMILES string of the molecule is C=CCCC(=O)NC[C@H](C)OC(=O)[C@H]1[C@@H]2O[C@@]3(CC2Br)[C@@H]1C(=O)N([C@@H](CO)[C@@H](C)CC)[C@@H]3C(=O)N(CC=C)C(C)CCC. The van der Waals surface area contributed by atoms with Crippen molar-refractivity contribution in [3.63, 3.8) is 0 Å². The summed E-state index contributed by atoms with van der Waals surface area (Å²) in [4.78, 5) is 57.8. The number of carbonyl (C=O) groups is 4. The maximum atomic E-state index is 14.6. The Labute approximate surface area is 264 Å². The number of rotatable bonds is 17. The van der Waals surface area contributed by atoms with Gasteiger partial charge in [-0.25, -0.2) is 0 Å². The molecule has 10 atom stereocenters. The van der Waals surface area contributed by atoms with Gasteiger partial charge in [-0.1, -0.05) is 61.7 Å². The van der Waals surface area contributed by atoms with E-state index >= 15 is 0 Å². The fraction of sp³-hybridized carbons (Fsp3) is 0.750. The minimum Gasteiger partial charge on any atom is -0.460 e. The van der Waals surface area contributed by atoms with E-state index in [-0.39, 0.29) is 47.7 Å². The van der Waals surface area contributed by atoms with E-state index in [2.05, 4.69) is 41.3 Å². The molecule has 1 spiro atoms. The highest BCUT2D eigenvalue weighted by atomic mass is 79.9. The first-order chi connectivity index (χ1) is 20.4. The molecule has 0 saturated carbocycles. The zero-order chi connectivity index (χ0) is 32.1. The second kappa shape index (κ2) is 15.2. The Bertz CT molecular complexity index is 1060. The molecule has 3 heterocycles. The van der Waals surface area contributed by atoms with Crippen molar-refractivity contribution in [3.8, 4) is 0 Å². The normalized spacial score (nSPS) is 30.3. The van der Waals surface area contributed by atoms with Crippen molar-refractivity contribution in [1.82, 2.24) is 15.1 Å². The van der Waals surface area contributed by atoms with E-state index in [1.165, 1.54) is 4.90 Å². The molecule has 3 aliphatic rings. The molecule has 2 N–H and O–H groups in total. The van der Waals surface area contributed by atoms with Gasteiger partial charge in [0.15, 0.2) is 0 Å². The number of nitrogens with zero attached hydrogens (tertiary/aromatic N) is 2. The number of likely N-dealkylation sites (tertiary alicyclic amines) is 1. The summed E-state index contributed by atoms with van der Waals surface area (Å²) < 4.78 is 12.4. The third-order valence-electron chi connectivity index (χ3n) is 9.41. The molecular weight excluding hydrogens is 618 g/mol. The van der Waals surface area contributed by atoms with Gasteiger partial charge in [0.25, 0.3) is 0 Å². The number of fused-ring (bicyclic) bond motifs is 1. The molecule has 11 heteroatoms. The van der Waals surface area contributed by atoms with Crippen LogP contribution in [-0.2, 0) is 28.7 Å². The van der Waals surface area contributed by atoms with Gasteiger partial charge in [0.1, 0.15) is 17.7 Å². The van der Waals surface area contributed by atoms with Crippen LogP contribution < -0.4 is 5.32 Å². The van der Waals surface area contributed by atoms with Gasteiger partial charge in [0.05, 0.1) is 37.1 Å². The van der Waals surface area contributed by atoms with E-state index in [4.69, 9.17) is 9.47 Å². The van der Waals surface area contributed by atoms with Gasteiger partial charge in [-0.2, -0.15) is 0 Å². The number of carbonyl (C=O) groups excluding carboxylic acids is 4. The molecule has 3 saturated heterocycles. The number of hydrogen-bond acceptors (Lipinski definition) is 7. The second-order valence-corrected chi connectivity index (χ2v) is 13.5. The summed E-state index contributed by atoms with van der Waals surface area (Å²) in [7, 11) is 0. The minimum absolute atomic E-state index is 0.104. The highest BCUT2D eigenvalue weighted by Gasteiger charge is 2.77. The summed E-state index contributed by atoms with van der Waals surface area (Å²) in [5.74, 6) is -3.38. The Balaban J connectivity index is 1.99. The Morgan fingerprint density at radius 2 is 1.95 bits per heavy atom. The van der Waals surface area contributed by atoms with Crippen LogP contribution in [0.25, 0.3) is 0 Å². The molecule has 43 heavy (non-hydrogen) atoms. The summed E-state index contributed by atoms with van der Waals surface area (Å²) in [5.41, 5.74) is -1.26. The standard InChI is InChI=1S/C32H50BrN3O7/c1-8-12-14-24(38)34-17-21(7)42-31(41)25-26-29(39)36(23(18-37)19(5)11-4)28(32(26)16-22(33)27(25)43-32)30(40)35(15-10-3)20(6)13-9-2/h8,10,19-23,25-28,37H,1,3,9,11-18H2,2,4-7H3,(H,34,38)/t19-,20?,21-,22?,23-,25+,26-,27+,28+,32-/m0/s1. The van der Waals surface area contributed by atoms with Gasteiger partial charge < -0.3 is 29.7 Å². The number of nitrogens with one attached hydrogen (secondary N) is 1. The van der Waals surface area contributed by atoms with E-state index in [1.807, 2.05) is 20.8 Å². The molecule has 2 bridgehead atoms.